The van der Waals surface area contributed by atoms with Crippen molar-refractivity contribution in [2.45, 2.75) is 120 Å². The Balaban J connectivity index is 1.52. The number of rotatable bonds is 6. The van der Waals surface area contributed by atoms with Gasteiger partial charge in [-0.25, -0.2) is 9.59 Å². The molecule has 4 heterocycles. The molecule has 4 bridgehead atoms. The number of hydrogen-bond donors (Lipinski definition) is 2. The van der Waals surface area contributed by atoms with Crippen LogP contribution < -0.4 is 0 Å². The van der Waals surface area contributed by atoms with Gasteiger partial charge in [-0.05, 0) is 25.0 Å². The second kappa shape index (κ2) is 9.77. The van der Waals surface area contributed by atoms with E-state index in [1.54, 1.807) is 26.8 Å². The quantitative estimate of drug-likeness (QED) is 0.314. The molecule has 8 rings (SSSR count). The van der Waals surface area contributed by atoms with Crippen LogP contribution in [-0.2, 0) is 61.9 Å². The molecular formula is C35H40O16. The van der Waals surface area contributed by atoms with Crippen LogP contribution in [0.4, 0.5) is 0 Å². The highest BCUT2D eigenvalue weighted by atomic mass is 17.0. The van der Waals surface area contributed by atoms with Gasteiger partial charge in [-0.3, -0.25) is 14.4 Å². The van der Waals surface area contributed by atoms with Gasteiger partial charge in [-0.1, -0.05) is 13.8 Å². The van der Waals surface area contributed by atoms with Gasteiger partial charge in [0, 0.05) is 62.5 Å². The Kier molecular flexibility index (Phi) is 6.57. The zero-order valence-corrected chi connectivity index (χ0v) is 29.3. The number of aliphatic hydroxyl groups is 2. The summed E-state index contributed by atoms with van der Waals surface area (Å²) in [6.07, 6.45) is -4.03. The molecule has 51 heavy (non-hydrogen) atoms. The highest BCUT2D eigenvalue weighted by molar-refractivity contribution is 5.86. The fourth-order valence-electron chi connectivity index (χ4n) is 12.3. The van der Waals surface area contributed by atoms with Gasteiger partial charge in [-0.2, -0.15) is 0 Å². The maximum Gasteiger partial charge on any atom is 0.335 e. The fraction of sp³-hybridized carbons (Fsp3) is 0.686. The van der Waals surface area contributed by atoms with Crippen LogP contribution in [0.15, 0.2) is 34.7 Å². The normalized spacial score (nSPS) is 50.0. The van der Waals surface area contributed by atoms with Gasteiger partial charge in [0.25, 0.3) is 5.97 Å². The lowest BCUT2D eigenvalue weighted by atomic mass is 9.34. The summed E-state index contributed by atoms with van der Waals surface area (Å²) in [6.45, 7) is 9.82. The molecule has 0 radical (unpaired) electrons. The Morgan fingerprint density at radius 1 is 1.00 bits per heavy atom. The van der Waals surface area contributed by atoms with Crippen LogP contribution in [0.25, 0.3) is 0 Å². The molecule has 1 unspecified atom stereocenters. The number of fused-ring (bicyclic) bond motifs is 4. The Hall–Kier alpha value is -3.83. The average Bonchev–Trinajstić information content (AvgIpc) is 3.79. The number of hydrogen-bond acceptors (Lipinski definition) is 16. The summed E-state index contributed by atoms with van der Waals surface area (Å²) in [7, 11) is 1.09. The van der Waals surface area contributed by atoms with Gasteiger partial charge >= 0.3 is 29.8 Å². The number of carbonyl (C=O) groups excluding carboxylic acids is 5. The minimum Gasteiger partial charge on any atom is -0.472 e. The van der Waals surface area contributed by atoms with Crippen molar-refractivity contribution in [3.8, 4) is 0 Å². The summed E-state index contributed by atoms with van der Waals surface area (Å²) in [5.74, 6) is -7.63. The zero-order valence-electron chi connectivity index (χ0n) is 29.3. The van der Waals surface area contributed by atoms with Crippen LogP contribution in [0.2, 0.25) is 0 Å². The fourth-order valence-corrected chi connectivity index (χ4v) is 12.3. The van der Waals surface area contributed by atoms with Crippen molar-refractivity contribution in [2.24, 2.45) is 22.2 Å². The number of ether oxygens (including phenoxy) is 8. The van der Waals surface area contributed by atoms with E-state index < -0.39 is 111 Å². The molecule has 1 aromatic rings. The number of cyclic esters (lactones) is 1. The second-order valence-electron chi connectivity index (χ2n) is 15.7. The van der Waals surface area contributed by atoms with Crippen molar-refractivity contribution in [2.75, 3.05) is 7.11 Å². The van der Waals surface area contributed by atoms with E-state index in [-0.39, 0.29) is 18.4 Å². The van der Waals surface area contributed by atoms with Crippen LogP contribution in [0, 0.1) is 22.2 Å². The topological polar surface area (TPSA) is 213 Å². The van der Waals surface area contributed by atoms with E-state index in [4.69, 9.17) is 42.3 Å². The van der Waals surface area contributed by atoms with E-state index in [1.807, 2.05) is 0 Å². The lowest BCUT2D eigenvalue weighted by Crippen LogP contribution is -2.94. The van der Waals surface area contributed by atoms with Crippen molar-refractivity contribution >= 4 is 29.8 Å². The molecule has 2 saturated heterocycles. The minimum absolute atomic E-state index is 0.143. The van der Waals surface area contributed by atoms with Gasteiger partial charge in [0.05, 0.1) is 25.1 Å². The van der Waals surface area contributed by atoms with Gasteiger partial charge in [0.15, 0.2) is 17.8 Å². The van der Waals surface area contributed by atoms with E-state index in [9.17, 15) is 34.2 Å². The Morgan fingerprint density at radius 3 is 2.27 bits per heavy atom. The first kappa shape index (κ1) is 34.3. The summed E-state index contributed by atoms with van der Waals surface area (Å²) < 4.78 is 55.2. The van der Waals surface area contributed by atoms with E-state index in [2.05, 4.69) is 0 Å². The first-order valence-corrected chi connectivity index (χ1v) is 16.7. The Labute approximate surface area is 291 Å². The molecule has 0 amide bonds. The van der Waals surface area contributed by atoms with E-state index in [0.717, 1.165) is 21.0 Å². The van der Waals surface area contributed by atoms with Crippen LogP contribution in [0.1, 0.15) is 73.0 Å². The molecule has 16 heteroatoms. The maximum absolute atomic E-state index is 13.8. The number of furan rings is 1. The number of methoxy groups -OCH3 is 1. The summed E-state index contributed by atoms with van der Waals surface area (Å²) in [6, 6.07) is 1.59. The molecule has 14 atom stereocenters. The largest absolute Gasteiger partial charge is 0.472 e. The van der Waals surface area contributed by atoms with E-state index in [0.29, 0.717) is 5.56 Å². The monoisotopic (exact) mass is 716 g/mol. The predicted octanol–water partition coefficient (Wildman–Crippen LogP) is 1.30. The lowest BCUT2D eigenvalue weighted by molar-refractivity contribution is -0.448. The van der Waals surface area contributed by atoms with Gasteiger partial charge in [0.1, 0.15) is 29.5 Å². The molecule has 1 spiro atoms. The average molecular weight is 717 g/mol. The summed E-state index contributed by atoms with van der Waals surface area (Å²) in [5.41, 5.74) is -12.9. The van der Waals surface area contributed by atoms with Crippen molar-refractivity contribution in [3.63, 3.8) is 0 Å². The molecule has 7 aliphatic rings. The van der Waals surface area contributed by atoms with Crippen molar-refractivity contribution in [1.29, 1.82) is 0 Å². The van der Waals surface area contributed by atoms with Gasteiger partial charge in [-0.15, -0.1) is 0 Å². The molecule has 4 saturated carbocycles. The molecule has 2 N–H and O–H groups in total. The van der Waals surface area contributed by atoms with Crippen molar-refractivity contribution < 1.29 is 76.5 Å². The number of esters is 5. The first-order valence-electron chi connectivity index (χ1n) is 16.7. The minimum atomic E-state index is -2.31. The lowest BCUT2D eigenvalue weighted by Gasteiger charge is -2.76. The molecule has 1 aromatic heterocycles. The molecule has 3 aliphatic heterocycles. The molecule has 276 valence electrons. The zero-order chi connectivity index (χ0) is 37.1. The van der Waals surface area contributed by atoms with Crippen LogP contribution in [0.3, 0.4) is 0 Å². The van der Waals surface area contributed by atoms with Crippen molar-refractivity contribution in [1.82, 2.24) is 0 Å². The van der Waals surface area contributed by atoms with Crippen LogP contribution in [-0.4, -0.2) is 100.0 Å². The molecule has 16 nitrogen and oxygen atoms in total. The number of carbonyl (C=O) groups is 5. The molecule has 0 aromatic carbocycles. The highest BCUT2D eigenvalue weighted by Crippen LogP contribution is 2.88. The van der Waals surface area contributed by atoms with Gasteiger partial charge in [0.2, 0.25) is 5.60 Å². The Bertz CT molecular complexity index is 1820. The standard InChI is InChI=1S/C35H40O16/c1-15(36)45-20-12-33-30(6)23(22(40)25(41)43-8)28(4)14-32(30,42)35(48-17(3)38,26(28)46-16(2)37)27-34(33,51-31(7,49-27)50-33)19-11-21(39)47-24(29(19,20)5)18-9-10-44-13-18/h9-11,13,20,22-24,26-27,40,42H,12,14H2,1-8H3/t20-,22+,23-,24-,26-,27-,28+,29-,30+,31?,32+,33-,34+,35-/m0/s1. The molecular weight excluding hydrogens is 676 g/mol. The van der Waals surface area contributed by atoms with Crippen LogP contribution >= 0.6 is 0 Å². The Morgan fingerprint density at radius 2 is 1.69 bits per heavy atom. The highest BCUT2D eigenvalue weighted by Gasteiger charge is 3.04. The van der Waals surface area contributed by atoms with Crippen molar-refractivity contribution in [3.05, 3.63) is 35.8 Å². The number of aliphatic hydroxyl groups excluding tert-OH is 1. The van der Waals surface area contributed by atoms with E-state index >= 15 is 0 Å². The first-order chi connectivity index (χ1) is 23.7. The second-order valence-corrected chi connectivity index (χ2v) is 15.7. The predicted molar refractivity (Wildman–Crippen MR) is 162 cm³/mol. The molecule has 4 aliphatic carbocycles. The summed E-state index contributed by atoms with van der Waals surface area (Å²) >= 11 is 0. The smallest absolute Gasteiger partial charge is 0.335 e. The van der Waals surface area contributed by atoms with Crippen LogP contribution in [0.5, 0.6) is 0 Å². The third kappa shape index (κ3) is 3.43. The third-order valence-electron chi connectivity index (χ3n) is 13.4. The summed E-state index contributed by atoms with van der Waals surface area (Å²) in [5, 5.41) is 25.6. The summed E-state index contributed by atoms with van der Waals surface area (Å²) in [4.78, 5) is 66.4. The maximum atomic E-state index is 13.8. The SMILES string of the molecule is COC(=O)[C@H](O)[C@H]1[C@@]2(C)C[C@]3(O)[C@@](OC(C)=O)([C@H]4OC5(C)O[C@@]6(C[C@H](OC(C)=O)[C@]7(C)C(=CC(=O)O[C@H]7c7ccoc7)[C@@]46O5)[C@]13C)[C@H]2OC(C)=O. The third-order valence-corrected chi connectivity index (χ3v) is 13.4. The molecule has 6 fully saturated rings. The van der Waals surface area contributed by atoms with Gasteiger partial charge < -0.3 is 52.5 Å². The van der Waals surface area contributed by atoms with E-state index in [1.165, 1.54) is 32.4 Å².